The van der Waals surface area contributed by atoms with E-state index in [1.807, 2.05) is 36.5 Å². The van der Waals surface area contributed by atoms with Crippen LogP contribution in [0.2, 0.25) is 10.0 Å². The number of likely N-dealkylation sites (tertiary alicyclic amines) is 1. The molecule has 0 amide bonds. The second kappa shape index (κ2) is 8.51. The topological polar surface area (TPSA) is 41.1 Å². The minimum atomic E-state index is 0.504. The summed E-state index contributed by atoms with van der Waals surface area (Å²) in [6, 6.07) is 12.0. The molecular weight excluding hydrogens is 381 g/mol. The van der Waals surface area contributed by atoms with Crippen molar-refractivity contribution in [3.8, 4) is 5.75 Å². The molecule has 3 aromatic rings. The molecule has 2 heterocycles. The Labute approximate surface area is 169 Å². The van der Waals surface area contributed by atoms with Crippen LogP contribution in [0, 0.1) is 0 Å². The number of H-pyrrole nitrogens is 1. The third-order valence-electron chi connectivity index (χ3n) is 5.31. The molecule has 4 rings (SSSR count). The standard InChI is InChI=1S/C21H23Cl2N3O/c22-19-4-1-3-18(21(19)23)15-7-10-26(11-8-15)9-2-12-27-17-6-5-16-14-24-25-20(16)13-17/h1,3-6,13-15H,2,7-12H2,(H,24,25). The quantitative estimate of drug-likeness (QED) is 0.550. The van der Waals surface area contributed by atoms with Crippen molar-refractivity contribution in [2.24, 2.45) is 0 Å². The number of aromatic nitrogens is 2. The molecule has 1 aromatic heterocycles. The maximum atomic E-state index is 6.38. The van der Waals surface area contributed by atoms with Gasteiger partial charge in [0.2, 0.25) is 0 Å². The molecule has 2 aromatic carbocycles. The van der Waals surface area contributed by atoms with Crippen LogP contribution >= 0.6 is 23.2 Å². The van der Waals surface area contributed by atoms with Crippen LogP contribution in [0.3, 0.4) is 0 Å². The van der Waals surface area contributed by atoms with E-state index >= 15 is 0 Å². The zero-order valence-corrected chi connectivity index (χ0v) is 16.6. The summed E-state index contributed by atoms with van der Waals surface area (Å²) in [4.78, 5) is 2.51. The Morgan fingerprint density at radius 3 is 2.85 bits per heavy atom. The van der Waals surface area contributed by atoms with Gasteiger partial charge in [0.05, 0.1) is 28.4 Å². The van der Waals surface area contributed by atoms with Crippen molar-refractivity contribution in [3.63, 3.8) is 0 Å². The lowest BCUT2D eigenvalue weighted by atomic mass is 9.89. The number of aromatic amines is 1. The number of halogens is 2. The minimum Gasteiger partial charge on any atom is -0.493 e. The van der Waals surface area contributed by atoms with E-state index in [1.165, 1.54) is 5.56 Å². The molecular formula is C21H23Cl2N3O. The van der Waals surface area contributed by atoms with Gasteiger partial charge in [-0.15, -0.1) is 0 Å². The summed E-state index contributed by atoms with van der Waals surface area (Å²) in [7, 11) is 0. The van der Waals surface area contributed by atoms with Crippen LogP contribution in [0.5, 0.6) is 5.75 Å². The summed E-state index contributed by atoms with van der Waals surface area (Å²) in [5.74, 6) is 1.39. The molecule has 4 nitrogen and oxygen atoms in total. The lowest BCUT2D eigenvalue weighted by molar-refractivity contribution is 0.193. The molecule has 0 atom stereocenters. The second-order valence-electron chi connectivity index (χ2n) is 7.08. The summed E-state index contributed by atoms with van der Waals surface area (Å²) in [6.45, 7) is 3.96. The van der Waals surface area contributed by atoms with Gasteiger partial charge in [0.25, 0.3) is 0 Å². The number of hydrogen-bond acceptors (Lipinski definition) is 3. The normalized spacial score (nSPS) is 16.1. The summed E-state index contributed by atoms with van der Waals surface area (Å²) in [6.07, 6.45) is 5.08. The van der Waals surface area contributed by atoms with Crippen LogP contribution in [-0.4, -0.2) is 41.3 Å². The lowest BCUT2D eigenvalue weighted by Gasteiger charge is -2.32. The third-order valence-corrected chi connectivity index (χ3v) is 6.14. The number of hydrogen-bond donors (Lipinski definition) is 1. The Kier molecular flexibility index (Phi) is 5.86. The SMILES string of the molecule is Clc1cccc(C2CCN(CCCOc3ccc4cn[nH]c4c3)CC2)c1Cl. The molecule has 1 aliphatic heterocycles. The zero-order valence-electron chi connectivity index (χ0n) is 15.1. The van der Waals surface area contributed by atoms with E-state index in [4.69, 9.17) is 27.9 Å². The number of piperidine rings is 1. The fraction of sp³-hybridized carbons (Fsp3) is 0.381. The van der Waals surface area contributed by atoms with Crippen LogP contribution in [0.25, 0.3) is 10.9 Å². The lowest BCUT2D eigenvalue weighted by Crippen LogP contribution is -2.34. The summed E-state index contributed by atoms with van der Waals surface area (Å²) in [5.41, 5.74) is 2.20. The van der Waals surface area contributed by atoms with Crippen molar-refractivity contribution < 1.29 is 4.74 Å². The molecule has 6 heteroatoms. The number of rotatable bonds is 6. The van der Waals surface area contributed by atoms with E-state index in [2.05, 4.69) is 21.2 Å². The zero-order chi connectivity index (χ0) is 18.6. The van der Waals surface area contributed by atoms with Crippen molar-refractivity contribution in [1.82, 2.24) is 15.1 Å². The Morgan fingerprint density at radius 1 is 1.15 bits per heavy atom. The van der Waals surface area contributed by atoms with Crippen molar-refractivity contribution in [2.45, 2.75) is 25.2 Å². The van der Waals surface area contributed by atoms with E-state index in [-0.39, 0.29) is 0 Å². The van der Waals surface area contributed by atoms with Gasteiger partial charge >= 0.3 is 0 Å². The van der Waals surface area contributed by atoms with Gasteiger partial charge in [-0.1, -0.05) is 35.3 Å². The van der Waals surface area contributed by atoms with Gasteiger partial charge in [0.15, 0.2) is 0 Å². The molecule has 142 valence electrons. The minimum absolute atomic E-state index is 0.504. The van der Waals surface area contributed by atoms with E-state index in [0.29, 0.717) is 10.9 Å². The Balaban J connectivity index is 1.21. The monoisotopic (exact) mass is 403 g/mol. The first-order valence-electron chi connectivity index (χ1n) is 9.43. The highest BCUT2D eigenvalue weighted by Gasteiger charge is 2.22. The molecule has 1 saturated heterocycles. The van der Waals surface area contributed by atoms with Crippen LogP contribution in [0.4, 0.5) is 0 Å². The third kappa shape index (κ3) is 4.40. The fourth-order valence-electron chi connectivity index (χ4n) is 3.79. The van der Waals surface area contributed by atoms with Crippen molar-refractivity contribution in [1.29, 1.82) is 0 Å². The predicted octanol–water partition coefficient (Wildman–Crippen LogP) is 5.52. The van der Waals surface area contributed by atoms with Gasteiger partial charge < -0.3 is 9.64 Å². The maximum Gasteiger partial charge on any atom is 0.121 e. The van der Waals surface area contributed by atoms with E-state index in [0.717, 1.165) is 67.2 Å². The Hall–Kier alpha value is -1.75. The molecule has 0 radical (unpaired) electrons. The molecule has 1 aliphatic rings. The summed E-state index contributed by atoms with van der Waals surface area (Å²) >= 11 is 12.5. The van der Waals surface area contributed by atoms with Crippen LogP contribution in [-0.2, 0) is 0 Å². The first-order chi connectivity index (χ1) is 13.2. The second-order valence-corrected chi connectivity index (χ2v) is 7.87. The fourth-order valence-corrected chi connectivity index (χ4v) is 4.25. The molecule has 27 heavy (non-hydrogen) atoms. The highest BCUT2D eigenvalue weighted by Crippen LogP contribution is 2.36. The maximum absolute atomic E-state index is 6.38. The Bertz CT molecular complexity index is 903. The van der Waals surface area contributed by atoms with Crippen molar-refractivity contribution in [2.75, 3.05) is 26.2 Å². The van der Waals surface area contributed by atoms with Crippen LogP contribution in [0.15, 0.2) is 42.6 Å². The molecule has 0 spiro atoms. The van der Waals surface area contributed by atoms with Crippen LogP contribution in [0.1, 0.15) is 30.7 Å². The summed E-state index contributed by atoms with van der Waals surface area (Å²) < 4.78 is 5.89. The number of nitrogens with zero attached hydrogens (tertiary/aromatic N) is 2. The highest BCUT2D eigenvalue weighted by molar-refractivity contribution is 6.42. The first kappa shape index (κ1) is 18.6. The van der Waals surface area contributed by atoms with Gasteiger partial charge in [-0.05, 0) is 62.0 Å². The van der Waals surface area contributed by atoms with Crippen molar-refractivity contribution >= 4 is 34.1 Å². The average Bonchev–Trinajstić information content (AvgIpc) is 3.16. The van der Waals surface area contributed by atoms with E-state index in [1.54, 1.807) is 0 Å². The van der Waals surface area contributed by atoms with Gasteiger partial charge in [-0.2, -0.15) is 5.10 Å². The molecule has 0 unspecified atom stereocenters. The van der Waals surface area contributed by atoms with Crippen molar-refractivity contribution in [3.05, 3.63) is 58.2 Å². The largest absolute Gasteiger partial charge is 0.493 e. The average molecular weight is 404 g/mol. The van der Waals surface area contributed by atoms with Gasteiger partial charge in [0.1, 0.15) is 5.75 Å². The predicted molar refractivity (Wildman–Crippen MR) is 111 cm³/mol. The Morgan fingerprint density at radius 2 is 2.00 bits per heavy atom. The molecule has 1 fully saturated rings. The molecule has 1 N–H and O–H groups in total. The first-order valence-corrected chi connectivity index (χ1v) is 10.2. The molecule has 0 saturated carbocycles. The molecule has 0 aliphatic carbocycles. The van der Waals surface area contributed by atoms with Gasteiger partial charge in [0, 0.05) is 18.0 Å². The van der Waals surface area contributed by atoms with Crippen LogP contribution < -0.4 is 4.74 Å². The van der Waals surface area contributed by atoms with E-state index in [9.17, 15) is 0 Å². The van der Waals surface area contributed by atoms with Gasteiger partial charge in [-0.25, -0.2) is 0 Å². The number of fused-ring (bicyclic) bond motifs is 1. The van der Waals surface area contributed by atoms with E-state index < -0.39 is 0 Å². The number of nitrogens with one attached hydrogen (secondary N) is 1. The molecule has 0 bridgehead atoms. The highest BCUT2D eigenvalue weighted by atomic mass is 35.5. The number of ether oxygens (including phenoxy) is 1. The number of benzene rings is 2. The summed E-state index contributed by atoms with van der Waals surface area (Å²) in [5, 5.41) is 9.49. The van der Waals surface area contributed by atoms with Gasteiger partial charge in [-0.3, -0.25) is 5.10 Å². The smallest absolute Gasteiger partial charge is 0.121 e.